The topological polar surface area (TPSA) is 79.8 Å². The molecule has 1 amide bonds. The molecule has 32 heavy (non-hydrogen) atoms. The summed E-state index contributed by atoms with van der Waals surface area (Å²) in [6.07, 6.45) is 5.83. The molecule has 3 aromatic heterocycles. The second kappa shape index (κ2) is 8.30. The number of benzene rings is 1. The Hall–Kier alpha value is -3.94. The number of fused-ring (bicyclic) bond motifs is 1. The van der Waals surface area contributed by atoms with Gasteiger partial charge in [0, 0.05) is 19.3 Å². The van der Waals surface area contributed by atoms with E-state index in [9.17, 15) is 4.79 Å². The van der Waals surface area contributed by atoms with Gasteiger partial charge in [0.1, 0.15) is 17.2 Å². The summed E-state index contributed by atoms with van der Waals surface area (Å²) in [5, 5.41) is 9.08. The van der Waals surface area contributed by atoms with E-state index in [1.807, 2.05) is 73.3 Å². The van der Waals surface area contributed by atoms with Crippen LogP contribution in [0.25, 0.3) is 11.3 Å². The fourth-order valence-electron chi connectivity index (χ4n) is 4.26. The van der Waals surface area contributed by atoms with Gasteiger partial charge in [-0.25, -0.2) is 15.1 Å². The van der Waals surface area contributed by atoms with Gasteiger partial charge >= 0.3 is 0 Å². The molecule has 0 aliphatic carbocycles. The van der Waals surface area contributed by atoms with Crippen LogP contribution in [0.5, 0.6) is 0 Å². The van der Waals surface area contributed by atoms with Crippen LogP contribution in [0.4, 0.5) is 5.82 Å². The summed E-state index contributed by atoms with van der Waals surface area (Å²) >= 11 is 0. The number of amides is 1. The second-order valence-corrected chi connectivity index (χ2v) is 7.94. The van der Waals surface area contributed by atoms with Gasteiger partial charge in [-0.15, -0.1) is 0 Å². The number of rotatable bonds is 5. The molecule has 1 aliphatic rings. The highest BCUT2D eigenvalue weighted by molar-refractivity contribution is 5.96. The molecule has 0 spiro atoms. The third-order valence-electron chi connectivity index (χ3n) is 5.77. The number of hydrogen-bond acceptors (Lipinski definition) is 5. The zero-order valence-corrected chi connectivity index (χ0v) is 18.2. The van der Waals surface area contributed by atoms with Gasteiger partial charge in [-0.05, 0) is 51.0 Å². The number of hydrogen-bond donors (Lipinski definition) is 1. The van der Waals surface area contributed by atoms with Crippen molar-refractivity contribution >= 4 is 23.6 Å². The predicted molar refractivity (Wildman–Crippen MR) is 125 cm³/mol. The highest BCUT2D eigenvalue weighted by Crippen LogP contribution is 2.29. The Morgan fingerprint density at radius 2 is 1.78 bits per heavy atom. The van der Waals surface area contributed by atoms with Crippen molar-refractivity contribution in [3.63, 3.8) is 0 Å². The van der Waals surface area contributed by atoms with Crippen molar-refractivity contribution in [3.8, 4) is 5.69 Å². The van der Waals surface area contributed by atoms with Crippen LogP contribution in [0.1, 0.15) is 40.3 Å². The quantitative estimate of drug-likeness (QED) is 0.391. The lowest BCUT2D eigenvalue weighted by Gasteiger charge is -2.20. The number of imidazole rings is 1. The molecule has 4 heterocycles. The van der Waals surface area contributed by atoms with Crippen LogP contribution in [-0.2, 0) is 0 Å². The zero-order valence-electron chi connectivity index (χ0n) is 18.2. The van der Waals surface area contributed by atoms with Crippen molar-refractivity contribution in [2.75, 3.05) is 18.0 Å². The number of para-hydroxylation sites is 1. The third-order valence-corrected chi connectivity index (χ3v) is 5.77. The maximum atomic E-state index is 12.9. The third kappa shape index (κ3) is 3.53. The molecule has 1 aliphatic heterocycles. The van der Waals surface area contributed by atoms with Crippen LogP contribution < -0.4 is 10.3 Å². The second-order valence-electron chi connectivity index (χ2n) is 7.94. The average molecular weight is 428 g/mol. The van der Waals surface area contributed by atoms with Gasteiger partial charge in [-0.3, -0.25) is 9.20 Å². The number of nitrogens with zero attached hydrogens (tertiary/aromatic N) is 6. The molecule has 1 saturated heterocycles. The van der Waals surface area contributed by atoms with Crippen LogP contribution in [-0.4, -0.2) is 44.4 Å². The molecule has 8 heteroatoms. The lowest BCUT2D eigenvalue weighted by molar-refractivity contribution is 0.0948. The fourth-order valence-corrected chi connectivity index (χ4v) is 4.26. The minimum atomic E-state index is -0.298. The fraction of sp³-hybridized carbons (Fsp3) is 0.250. The van der Waals surface area contributed by atoms with Crippen molar-refractivity contribution in [3.05, 3.63) is 77.4 Å². The Balaban J connectivity index is 1.46. The van der Waals surface area contributed by atoms with Crippen molar-refractivity contribution < 1.29 is 4.79 Å². The number of carbonyl (C=O) groups excluding carboxylic acids is 1. The van der Waals surface area contributed by atoms with Gasteiger partial charge in [-0.1, -0.05) is 24.3 Å². The maximum absolute atomic E-state index is 12.9. The molecule has 162 valence electrons. The Bertz CT molecular complexity index is 1300. The van der Waals surface area contributed by atoms with Gasteiger partial charge in [0.05, 0.1) is 28.9 Å². The van der Waals surface area contributed by atoms with E-state index in [1.54, 1.807) is 10.6 Å². The first-order valence-corrected chi connectivity index (χ1v) is 10.8. The maximum Gasteiger partial charge on any atom is 0.290 e. The van der Waals surface area contributed by atoms with Gasteiger partial charge in [0.2, 0.25) is 0 Å². The summed E-state index contributed by atoms with van der Waals surface area (Å²) < 4.78 is 3.74. The van der Waals surface area contributed by atoms with E-state index in [-0.39, 0.29) is 5.91 Å². The van der Waals surface area contributed by atoms with Gasteiger partial charge in [0.25, 0.3) is 5.91 Å². The highest BCUT2D eigenvalue weighted by atomic mass is 16.2. The van der Waals surface area contributed by atoms with Gasteiger partial charge < -0.3 is 4.90 Å². The molecule has 8 nitrogen and oxygen atoms in total. The van der Waals surface area contributed by atoms with Gasteiger partial charge in [0.15, 0.2) is 0 Å². The van der Waals surface area contributed by atoms with E-state index >= 15 is 0 Å². The van der Waals surface area contributed by atoms with E-state index in [0.717, 1.165) is 54.3 Å². The first-order valence-electron chi connectivity index (χ1n) is 10.8. The standard InChI is InChI=1S/C24H25N7O/c1-17-20(16-25-27-23(32)22-18(2)26-21-12-6-7-15-30(21)22)24(29-13-8-9-14-29)31(28-17)19-10-4-3-5-11-19/h3-7,10-12,15-16H,8-9,13-14H2,1-2H3,(H,27,32)/b25-16-. The lowest BCUT2D eigenvalue weighted by Crippen LogP contribution is -2.23. The number of aromatic nitrogens is 4. The summed E-state index contributed by atoms with van der Waals surface area (Å²) in [5.41, 5.74) is 7.32. The summed E-state index contributed by atoms with van der Waals surface area (Å²) in [7, 11) is 0. The minimum Gasteiger partial charge on any atom is -0.356 e. The molecule has 0 bridgehead atoms. The number of aryl methyl sites for hydroxylation is 2. The molecule has 0 atom stereocenters. The molecule has 0 unspecified atom stereocenters. The molecular weight excluding hydrogens is 402 g/mol. The monoisotopic (exact) mass is 427 g/mol. The highest BCUT2D eigenvalue weighted by Gasteiger charge is 2.23. The van der Waals surface area contributed by atoms with E-state index < -0.39 is 0 Å². The van der Waals surface area contributed by atoms with E-state index in [4.69, 9.17) is 5.10 Å². The van der Waals surface area contributed by atoms with E-state index in [0.29, 0.717) is 11.4 Å². The van der Waals surface area contributed by atoms with Crippen molar-refractivity contribution in [1.82, 2.24) is 24.6 Å². The molecule has 1 N–H and O–H groups in total. The first kappa shape index (κ1) is 20.0. The van der Waals surface area contributed by atoms with Crippen LogP contribution in [0.15, 0.2) is 59.8 Å². The lowest BCUT2D eigenvalue weighted by atomic mass is 10.2. The van der Waals surface area contributed by atoms with E-state index in [1.165, 1.54) is 0 Å². The predicted octanol–water partition coefficient (Wildman–Crippen LogP) is 3.50. The van der Waals surface area contributed by atoms with Crippen molar-refractivity contribution in [2.24, 2.45) is 5.10 Å². The molecule has 1 aromatic carbocycles. The van der Waals surface area contributed by atoms with Crippen LogP contribution in [0.2, 0.25) is 0 Å². The van der Waals surface area contributed by atoms with Crippen molar-refractivity contribution in [1.29, 1.82) is 0 Å². The van der Waals surface area contributed by atoms with Crippen molar-refractivity contribution in [2.45, 2.75) is 26.7 Å². The first-order chi connectivity index (χ1) is 15.6. The summed E-state index contributed by atoms with van der Waals surface area (Å²) in [6, 6.07) is 15.7. The summed E-state index contributed by atoms with van der Waals surface area (Å²) in [6.45, 7) is 5.75. The normalized spacial score (nSPS) is 14.0. The Labute approximate surface area is 186 Å². The minimum absolute atomic E-state index is 0.298. The van der Waals surface area contributed by atoms with Crippen LogP contribution >= 0.6 is 0 Å². The average Bonchev–Trinajstić information content (AvgIpc) is 3.51. The van der Waals surface area contributed by atoms with Crippen LogP contribution in [0, 0.1) is 13.8 Å². The van der Waals surface area contributed by atoms with Crippen LogP contribution in [0.3, 0.4) is 0 Å². The number of pyridine rings is 1. The molecule has 0 radical (unpaired) electrons. The van der Waals surface area contributed by atoms with Gasteiger partial charge in [-0.2, -0.15) is 10.2 Å². The number of nitrogens with one attached hydrogen (secondary N) is 1. The molecule has 1 fully saturated rings. The zero-order chi connectivity index (χ0) is 22.1. The Morgan fingerprint density at radius 1 is 1.03 bits per heavy atom. The molecule has 4 aromatic rings. The summed E-state index contributed by atoms with van der Waals surface area (Å²) in [5.74, 6) is 0.712. The largest absolute Gasteiger partial charge is 0.356 e. The molecule has 5 rings (SSSR count). The number of anilines is 1. The SMILES string of the molecule is Cc1nn(-c2ccccc2)c(N2CCCC2)c1/C=N\NC(=O)c1c(C)nc2ccccn12. The number of hydrazone groups is 1. The van der Waals surface area contributed by atoms with E-state index in [2.05, 4.69) is 20.4 Å². The molecule has 0 saturated carbocycles. The summed E-state index contributed by atoms with van der Waals surface area (Å²) in [4.78, 5) is 19.7. The smallest absolute Gasteiger partial charge is 0.290 e. The Morgan fingerprint density at radius 3 is 2.56 bits per heavy atom. The molecular formula is C24H25N7O. The Kier molecular flexibility index (Phi) is 5.18. The number of carbonyl (C=O) groups is 1.